The molecule has 1 aromatic heterocycles. The van der Waals surface area contributed by atoms with Crippen LogP contribution in [-0.2, 0) is 10.0 Å². The molecular weight excluding hydrogens is 382 g/mol. The summed E-state index contributed by atoms with van der Waals surface area (Å²) in [6.07, 6.45) is 1.31. The number of carbonyl (C=O) groups is 1. The van der Waals surface area contributed by atoms with Gasteiger partial charge in [0.25, 0.3) is 0 Å². The Morgan fingerprint density at radius 1 is 1.21 bits per heavy atom. The molecule has 2 aromatic carbocycles. The first-order valence-electron chi connectivity index (χ1n) is 8.42. The quantitative estimate of drug-likeness (QED) is 0.472. The zero-order valence-corrected chi connectivity index (χ0v) is 16.0. The number of rotatable bonds is 6. The lowest BCUT2D eigenvalue weighted by molar-refractivity contribution is 0.0698. The van der Waals surface area contributed by atoms with Crippen molar-refractivity contribution in [1.82, 2.24) is 9.71 Å². The Hall–Kier alpha value is -3.17. The first-order valence-corrected chi connectivity index (χ1v) is 9.91. The van der Waals surface area contributed by atoms with E-state index in [4.69, 9.17) is 0 Å². The monoisotopic (exact) mass is 401 g/mol. The van der Waals surface area contributed by atoms with Gasteiger partial charge in [0.05, 0.1) is 21.7 Å². The second kappa shape index (κ2) is 7.45. The van der Waals surface area contributed by atoms with Crippen LogP contribution >= 0.6 is 0 Å². The Morgan fingerprint density at radius 3 is 2.61 bits per heavy atom. The number of hydrogen-bond donors (Lipinski definition) is 4. The van der Waals surface area contributed by atoms with Gasteiger partial charge in [-0.05, 0) is 44.2 Å². The van der Waals surface area contributed by atoms with Crippen LogP contribution in [0.2, 0.25) is 0 Å². The molecule has 0 aliphatic carbocycles. The van der Waals surface area contributed by atoms with E-state index in [9.17, 15) is 23.4 Å². The number of H-pyrrole nitrogens is 1. The van der Waals surface area contributed by atoms with Gasteiger partial charge >= 0.3 is 5.97 Å². The number of fused-ring (bicyclic) bond motifs is 1. The maximum atomic E-state index is 12.4. The number of nitrogens with zero attached hydrogens (tertiary/aromatic N) is 1. The highest BCUT2D eigenvalue weighted by atomic mass is 32.2. The molecule has 0 spiro atoms. The number of sulfonamides is 1. The lowest BCUT2D eigenvalue weighted by Crippen LogP contribution is -2.30. The summed E-state index contributed by atoms with van der Waals surface area (Å²) in [6, 6.07) is 10.3. The minimum Gasteiger partial charge on any atom is -0.494 e. The van der Waals surface area contributed by atoms with Crippen LogP contribution < -0.4 is 4.72 Å². The van der Waals surface area contributed by atoms with Crippen molar-refractivity contribution in [3.8, 4) is 5.88 Å². The third-order valence-electron chi connectivity index (χ3n) is 3.96. The number of aliphatic imine (C=N–C) groups is 1. The number of hydrogen-bond acceptors (Lipinski definition) is 5. The van der Waals surface area contributed by atoms with Crippen LogP contribution in [0.1, 0.15) is 29.8 Å². The van der Waals surface area contributed by atoms with Crippen LogP contribution in [0.4, 0.5) is 5.69 Å². The van der Waals surface area contributed by atoms with Crippen molar-refractivity contribution >= 4 is 38.8 Å². The highest BCUT2D eigenvalue weighted by Crippen LogP contribution is 2.29. The average molecular weight is 401 g/mol. The SMILES string of the molecule is CC(C)NS(=O)(=O)c1ccc2[nH]c(O)c(C=Nc3ccccc3C(=O)O)c2c1. The maximum Gasteiger partial charge on any atom is 0.337 e. The van der Waals surface area contributed by atoms with Crippen LogP contribution in [0.25, 0.3) is 10.9 Å². The standard InChI is InChI=1S/C19H19N3O5S/c1-11(2)22-28(26,27)12-7-8-17-14(9-12)15(18(23)21-17)10-20-16-6-4-3-5-13(16)19(24)25/h3-11,21-23H,1-2H3,(H,24,25). The Morgan fingerprint density at radius 2 is 1.93 bits per heavy atom. The van der Waals surface area contributed by atoms with Gasteiger partial charge in [-0.3, -0.25) is 4.99 Å². The highest BCUT2D eigenvalue weighted by Gasteiger charge is 2.18. The summed E-state index contributed by atoms with van der Waals surface area (Å²) < 4.78 is 27.3. The summed E-state index contributed by atoms with van der Waals surface area (Å²) in [5.74, 6) is -1.32. The number of aromatic amines is 1. The molecular formula is C19H19N3O5S. The number of nitrogens with one attached hydrogen (secondary N) is 2. The molecule has 0 saturated heterocycles. The first kappa shape index (κ1) is 19.6. The minimum atomic E-state index is -3.71. The molecule has 28 heavy (non-hydrogen) atoms. The van der Waals surface area contributed by atoms with Gasteiger partial charge < -0.3 is 15.2 Å². The molecule has 0 atom stereocenters. The zero-order valence-electron chi connectivity index (χ0n) is 15.2. The number of aromatic hydroxyl groups is 1. The van der Waals surface area contributed by atoms with Crippen LogP contribution in [0.15, 0.2) is 52.4 Å². The molecule has 0 bridgehead atoms. The number of aromatic carboxylic acids is 1. The lowest BCUT2D eigenvalue weighted by atomic mass is 10.1. The Bertz CT molecular complexity index is 1180. The van der Waals surface area contributed by atoms with E-state index in [2.05, 4.69) is 14.7 Å². The Labute approximate surface area is 161 Å². The van der Waals surface area contributed by atoms with Crippen molar-refractivity contribution in [2.45, 2.75) is 24.8 Å². The molecule has 0 aliphatic heterocycles. The Balaban J connectivity index is 2.08. The topological polar surface area (TPSA) is 132 Å². The fourth-order valence-electron chi connectivity index (χ4n) is 2.75. The van der Waals surface area contributed by atoms with Crippen molar-refractivity contribution in [1.29, 1.82) is 0 Å². The van der Waals surface area contributed by atoms with Gasteiger partial charge in [-0.1, -0.05) is 12.1 Å². The van der Waals surface area contributed by atoms with E-state index in [1.807, 2.05) is 0 Å². The van der Waals surface area contributed by atoms with Crippen LogP contribution in [0, 0.1) is 0 Å². The number of aromatic nitrogens is 1. The van der Waals surface area contributed by atoms with E-state index >= 15 is 0 Å². The van der Waals surface area contributed by atoms with Gasteiger partial charge in [0.15, 0.2) is 5.88 Å². The van der Waals surface area contributed by atoms with E-state index < -0.39 is 16.0 Å². The van der Waals surface area contributed by atoms with Crippen LogP contribution in [0.3, 0.4) is 0 Å². The van der Waals surface area contributed by atoms with Crippen LogP contribution in [0.5, 0.6) is 5.88 Å². The van der Waals surface area contributed by atoms with E-state index in [0.29, 0.717) is 10.9 Å². The molecule has 0 amide bonds. The minimum absolute atomic E-state index is 0.0162. The van der Waals surface area contributed by atoms with Crippen LogP contribution in [-0.4, -0.2) is 41.8 Å². The molecule has 0 aliphatic rings. The number of carboxylic acids is 1. The van der Waals surface area contributed by atoms with Gasteiger partial charge in [-0.15, -0.1) is 0 Å². The molecule has 146 valence electrons. The third-order valence-corrected chi connectivity index (χ3v) is 5.61. The number of benzene rings is 2. The van der Waals surface area contributed by atoms with Gasteiger partial charge in [0.1, 0.15) is 0 Å². The van der Waals surface area contributed by atoms with Crippen molar-refractivity contribution in [3.05, 3.63) is 53.6 Å². The molecule has 0 saturated carbocycles. The summed E-state index contributed by atoms with van der Waals surface area (Å²) in [5, 5.41) is 19.9. The third kappa shape index (κ3) is 3.90. The van der Waals surface area contributed by atoms with Gasteiger partial charge in [-0.25, -0.2) is 17.9 Å². The van der Waals surface area contributed by atoms with Crippen molar-refractivity contribution in [2.75, 3.05) is 0 Å². The van der Waals surface area contributed by atoms with Gasteiger partial charge in [-0.2, -0.15) is 0 Å². The predicted octanol–water partition coefficient (Wildman–Crippen LogP) is 3.01. The summed E-state index contributed by atoms with van der Waals surface area (Å²) in [5.41, 5.74) is 1.02. The maximum absolute atomic E-state index is 12.4. The van der Waals surface area contributed by atoms with E-state index in [1.54, 1.807) is 32.0 Å². The smallest absolute Gasteiger partial charge is 0.337 e. The molecule has 0 unspecified atom stereocenters. The summed E-state index contributed by atoms with van der Waals surface area (Å²) in [7, 11) is -3.71. The van der Waals surface area contributed by atoms with Gasteiger partial charge in [0, 0.05) is 23.2 Å². The van der Waals surface area contributed by atoms with E-state index in [0.717, 1.165) is 0 Å². The molecule has 8 nitrogen and oxygen atoms in total. The molecule has 3 aromatic rings. The second-order valence-electron chi connectivity index (χ2n) is 6.45. The number of para-hydroxylation sites is 1. The normalized spacial score (nSPS) is 12.2. The molecule has 9 heteroatoms. The second-order valence-corrected chi connectivity index (χ2v) is 8.17. The summed E-state index contributed by atoms with van der Waals surface area (Å²) in [4.78, 5) is 18.3. The summed E-state index contributed by atoms with van der Waals surface area (Å²) >= 11 is 0. The first-order chi connectivity index (χ1) is 13.2. The van der Waals surface area contributed by atoms with E-state index in [1.165, 1.54) is 30.5 Å². The number of carboxylic acid groups (broad SMARTS) is 1. The highest BCUT2D eigenvalue weighted by molar-refractivity contribution is 7.89. The fraction of sp³-hybridized carbons (Fsp3) is 0.158. The molecule has 0 radical (unpaired) electrons. The van der Waals surface area contributed by atoms with Crippen molar-refractivity contribution < 1.29 is 23.4 Å². The predicted molar refractivity (Wildman–Crippen MR) is 106 cm³/mol. The molecule has 1 heterocycles. The van der Waals surface area contributed by atoms with Crippen molar-refractivity contribution in [3.63, 3.8) is 0 Å². The molecule has 0 fully saturated rings. The van der Waals surface area contributed by atoms with Gasteiger partial charge in [0.2, 0.25) is 10.0 Å². The largest absolute Gasteiger partial charge is 0.494 e. The fourth-order valence-corrected chi connectivity index (χ4v) is 4.03. The van der Waals surface area contributed by atoms with Crippen molar-refractivity contribution in [2.24, 2.45) is 4.99 Å². The Kier molecular flexibility index (Phi) is 5.21. The average Bonchev–Trinajstić information content (AvgIpc) is 2.93. The summed E-state index contributed by atoms with van der Waals surface area (Å²) in [6.45, 7) is 3.44. The molecule has 3 rings (SSSR count). The van der Waals surface area contributed by atoms with E-state index in [-0.39, 0.29) is 33.6 Å². The zero-order chi connectivity index (χ0) is 20.5. The molecule has 4 N–H and O–H groups in total. The lowest BCUT2D eigenvalue weighted by Gasteiger charge is -2.09.